The number of anilines is 1. The van der Waals surface area contributed by atoms with Crippen molar-refractivity contribution >= 4 is 23.1 Å². The van der Waals surface area contributed by atoms with Gasteiger partial charge in [-0.15, -0.1) is 0 Å². The summed E-state index contributed by atoms with van der Waals surface area (Å²) in [6.07, 6.45) is 0. The van der Waals surface area contributed by atoms with Gasteiger partial charge in [0.25, 0.3) is 11.8 Å². The van der Waals surface area contributed by atoms with E-state index in [9.17, 15) is 9.59 Å². The molecule has 144 valence electrons. The van der Waals surface area contributed by atoms with Crippen molar-refractivity contribution < 1.29 is 14.3 Å². The zero-order valence-electron chi connectivity index (χ0n) is 16.1. The molecule has 2 aromatic carbocycles. The van der Waals surface area contributed by atoms with Gasteiger partial charge in [-0.3, -0.25) is 14.5 Å². The van der Waals surface area contributed by atoms with Crippen molar-refractivity contribution in [1.29, 1.82) is 0 Å². The van der Waals surface area contributed by atoms with E-state index in [1.54, 1.807) is 14.2 Å². The van der Waals surface area contributed by atoms with E-state index in [4.69, 9.17) is 4.74 Å². The van der Waals surface area contributed by atoms with Crippen LogP contribution in [0.15, 0.2) is 60.3 Å². The Bertz CT molecular complexity index is 914. The second-order valence-corrected chi connectivity index (χ2v) is 6.93. The van der Waals surface area contributed by atoms with E-state index in [-0.39, 0.29) is 11.8 Å². The molecule has 0 aromatic heterocycles. The zero-order chi connectivity index (χ0) is 19.7. The van der Waals surface area contributed by atoms with Gasteiger partial charge < -0.3 is 14.5 Å². The number of hydrogen-bond acceptors (Lipinski definition) is 5. The molecule has 0 radical (unpaired) electrons. The van der Waals surface area contributed by atoms with Gasteiger partial charge in [-0.05, 0) is 29.8 Å². The first-order valence-corrected chi connectivity index (χ1v) is 9.36. The fraction of sp³-hybridized carbons (Fsp3) is 0.273. The predicted octanol–water partition coefficient (Wildman–Crippen LogP) is 2.23. The molecule has 2 aromatic rings. The number of methoxy groups -OCH3 is 1. The molecule has 0 spiro atoms. The fourth-order valence-electron chi connectivity index (χ4n) is 3.77. The first-order valence-electron chi connectivity index (χ1n) is 9.36. The highest BCUT2D eigenvalue weighted by Crippen LogP contribution is 2.32. The lowest BCUT2D eigenvalue weighted by Crippen LogP contribution is -2.47. The number of rotatable bonds is 4. The number of ether oxygens (including phenoxy) is 1. The van der Waals surface area contributed by atoms with Crippen LogP contribution in [0.5, 0.6) is 5.75 Å². The summed E-state index contributed by atoms with van der Waals surface area (Å²) in [7, 11) is 3.14. The molecule has 4 rings (SSSR count). The van der Waals surface area contributed by atoms with Crippen LogP contribution in [-0.2, 0) is 9.59 Å². The van der Waals surface area contributed by atoms with E-state index >= 15 is 0 Å². The Morgan fingerprint density at radius 1 is 0.786 bits per heavy atom. The third-order valence-electron chi connectivity index (χ3n) is 5.36. The third kappa shape index (κ3) is 3.11. The van der Waals surface area contributed by atoms with Crippen LogP contribution < -0.4 is 9.64 Å². The van der Waals surface area contributed by atoms with E-state index < -0.39 is 0 Å². The Balaban J connectivity index is 1.62. The fourth-order valence-corrected chi connectivity index (χ4v) is 3.77. The number of carbonyl (C=O) groups excluding carboxylic acids is 2. The molecule has 6 heteroatoms. The summed E-state index contributed by atoms with van der Waals surface area (Å²) >= 11 is 0. The van der Waals surface area contributed by atoms with Crippen molar-refractivity contribution in [3.05, 3.63) is 65.9 Å². The number of para-hydroxylation sites is 1. The monoisotopic (exact) mass is 377 g/mol. The summed E-state index contributed by atoms with van der Waals surface area (Å²) in [5.41, 5.74) is 2.90. The average Bonchev–Trinajstić information content (AvgIpc) is 2.98. The minimum Gasteiger partial charge on any atom is -0.497 e. The number of benzene rings is 2. The second-order valence-electron chi connectivity index (χ2n) is 6.93. The normalized spacial score (nSPS) is 17.6. The quantitative estimate of drug-likeness (QED) is 0.765. The number of likely N-dealkylation sites (N-methyl/N-ethyl adjacent to an activating group) is 1. The largest absolute Gasteiger partial charge is 0.497 e. The first-order chi connectivity index (χ1) is 13.6. The standard InChI is InChI=1S/C22H23N3O3/c1-23-21(26)19(16-8-10-18(28-2)11-9-16)20(22(23)27)25-14-12-24(13-15-25)17-6-4-3-5-7-17/h3-11H,12-15H2,1-2H3. The molecule has 1 saturated heterocycles. The van der Waals surface area contributed by atoms with Gasteiger partial charge in [0.2, 0.25) is 0 Å². The van der Waals surface area contributed by atoms with Crippen LogP contribution in [0.3, 0.4) is 0 Å². The molecule has 0 aliphatic carbocycles. The van der Waals surface area contributed by atoms with Gasteiger partial charge in [0.15, 0.2) is 0 Å². The number of nitrogens with zero attached hydrogens (tertiary/aromatic N) is 3. The average molecular weight is 377 g/mol. The van der Waals surface area contributed by atoms with Crippen molar-refractivity contribution in [3.63, 3.8) is 0 Å². The lowest BCUT2D eigenvalue weighted by Gasteiger charge is -2.37. The maximum absolute atomic E-state index is 12.8. The molecule has 0 N–H and O–H groups in total. The van der Waals surface area contributed by atoms with Crippen LogP contribution >= 0.6 is 0 Å². The van der Waals surface area contributed by atoms with Gasteiger partial charge in [-0.25, -0.2) is 0 Å². The summed E-state index contributed by atoms with van der Waals surface area (Å²) in [5, 5.41) is 0. The topological polar surface area (TPSA) is 53.1 Å². The summed E-state index contributed by atoms with van der Waals surface area (Å²) in [6.45, 7) is 2.98. The van der Waals surface area contributed by atoms with Crippen LogP contribution in [0.2, 0.25) is 0 Å². The van der Waals surface area contributed by atoms with Crippen molar-refractivity contribution in [2.45, 2.75) is 0 Å². The van der Waals surface area contributed by atoms with Crippen LogP contribution in [0, 0.1) is 0 Å². The van der Waals surface area contributed by atoms with E-state index in [1.165, 1.54) is 10.6 Å². The van der Waals surface area contributed by atoms with Gasteiger partial charge in [-0.2, -0.15) is 0 Å². The molecule has 2 aliphatic rings. The maximum atomic E-state index is 12.8. The molecule has 6 nitrogen and oxygen atoms in total. The Morgan fingerprint density at radius 3 is 2.00 bits per heavy atom. The Kier molecular flexibility index (Phi) is 4.77. The SMILES string of the molecule is COc1ccc(C2=C(N3CCN(c4ccccc4)CC3)C(=O)N(C)C2=O)cc1. The van der Waals surface area contributed by atoms with Gasteiger partial charge >= 0.3 is 0 Å². The first kappa shape index (κ1) is 18.1. The molecule has 2 heterocycles. The van der Waals surface area contributed by atoms with Crippen LogP contribution in [0.25, 0.3) is 5.57 Å². The summed E-state index contributed by atoms with van der Waals surface area (Å²) in [5.74, 6) is 0.229. The molecule has 0 bridgehead atoms. The van der Waals surface area contributed by atoms with Gasteiger partial charge in [0, 0.05) is 38.9 Å². The maximum Gasteiger partial charge on any atom is 0.277 e. The minimum atomic E-state index is -0.254. The molecular weight excluding hydrogens is 354 g/mol. The Labute approximate surface area is 164 Å². The third-order valence-corrected chi connectivity index (χ3v) is 5.36. The molecule has 2 amide bonds. The summed E-state index contributed by atoms with van der Waals surface area (Å²) in [4.78, 5) is 31.2. The van der Waals surface area contributed by atoms with Crippen molar-refractivity contribution in [2.75, 3.05) is 45.2 Å². The zero-order valence-corrected chi connectivity index (χ0v) is 16.1. The highest BCUT2D eigenvalue weighted by atomic mass is 16.5. The van der Waals surface area contributed by atoms with Crippen molar-refractivity contribution in [1.82, 2.24) is 9.80 Å². The van der Waals surface area contributed by atoms with E-state index in [1.807, 2.05) is 47.4 Å². The lowest BCUT2D eigenvalue weighted by atomic mass is 10.0. The van der Waals surface area contributed by atoms with Crippen molar-refractivity contribution in [3.8, 4) is 5.75 Å². The van der Waals surface area contributed by atoms with Gasteiger partial charge in [0.1, 0.15) is 11.4 Å². The summed E-state index contributed by atoms with van der Waals surface area (Å²) < 4.78 is 5.20. The molecule has 28 heavy (non-hydrogen) atoms. The number of hydrogen-bond donors (Lipinski definition) is 0. The Morgan fingerprint density at radius 2 is 1.39 bits per heavy atom. The lowest BCUT2D eigenvalue weighted by molar-refractivity contribution is -0.135. The summed E-state index contributed by atoms with van der Waals surface area (Å²) in [6, 6.07) is 17.5. The van der Waals surface area contributed by atoms with Gasteiger partial charge in [0.05, 0.1) is 12.7 Å². The minimum absolute atomic E-state index is 0.232. The smallest absolute Gasteiger partial charge is 0.277 e. The molecule has 1 fully saturated rings. The number of amides is 2. The van der Waals surface area contributed by atoms with Crippen molar-refractivity contribution in [2.24, 2.45) is 0 Å². The number of piperazine rings is 1. The van der Waals surface area contributed by atoms with Crippen LogP contribution in [-0.4, -0.2) is 62.0 Å². The molecule has 0 saturated carbocycles. The number of carbonyl (C=O) groups is 2. The van der Waals surface area contributed by atoms with E-state index in [2.05, 4.69) is 17.0 Å². The second kappa shape index (κ2) is 7.38. The molecule has 0 atom stereocenters. The highest BCUT2D eigenvalue weighted by Gasteiger charge is 2.40. The molecular formula is C22H23N3O3. The Hall–Kier alpha value is -3.28. The number of imide groups is 1. The van der Waals surface area contributed by atoms with Gasteiger partial charge in [-0.1, -0.05) is 30.3 Å². The van der Waals surface area contributed by atoms with E-state index in [0.717, 1.165) is 18.7 Å². The molecule has 2 aliphatic heterocycles. The predicted molar refractivity (Wildman–Crippen MR) is 108 cm³/mol. The highest BCUT2D eigenvalue weighted by molar-refractivity contribution is 6.35. The van der Waals surface area contributed by atoms with E-state index in [0.29, 0.717) is 30.1 Å². The van der Waals surface area contributed by atoms with Crippen LogP contribution in [0.4, 0.5) is 5.69 Å². The van der Waals surface area contributed by atoms with Crippen LogP contribution in [0.1, 0.15) is 5.56 Å². The molecule has 0 unspecified atom stereocenters.